The molecule has 4 aliphatic carbocycles. The summed E-state index contributed by atoms with van der Waals surface area (Å²) in [5.74, 6) is 1.00. The summed E-state index contributed by atoms with van der Waals surface area (Å²) in [7, 11) is 1.37. The molecular formula is C31H48O4. The lowest BCUT2D eigenvalue weighted by Crippen LogP contribution is -2.56. The number of rotatable bonds is 5. The predicted molar refractivity (Wildman–Crippen MR) is 141 cm³/mol. The zero-order valence-corrected chi connectivity index (χ0v) is 23.3. The first-order chi connectivity index (χ1) is 16.2. The molecule has 2 N–H and O–H groups in total. The molecule has 8 atom stereocenters. The molecule has 0 aromatic rings. The number of ether oxygens (including phenoxy) is 1. The van der Waals surface area contributed by atoms with Gasteiger partial charge in [-0.15, -0.1) is 0 Å². The van der Waals surface area contributed by atoms with Gasteiger partial charge in [-0.3, -0.25) is 0 Å². The third-order valence-corrected chi connectivity index (χ3v) is 11.7. The monoisotopic (exact) mass is 484 g/mol. The van der Waals surface area contributed by atoms with Crippen LogP contribution in [-0.2, 0) is 9.53 Å². The molecule has 0 saturated heterocycles. The number of aliphatic hydroxyl groups excluding tert-OH is 2. The van der Waals surface area contributed by atoms with Crippen LogP contribution in [0.2, 0.25) is 0 Å². The lowest BCUT2D eigenvalue weighted by Gasteiger charge is -2.62. The van der Waals surface area contributed by atoms with E-state index in [0.717, 1.165) is 25.7 Å². The molecule has 0 spiro atoms. The van der Waals surface area contributed by atoms with Crippen LogP contribution in [0, 0.1) is 39.4 Å². The van der Waals surface area contributed by atoms with E-state index in [4.69, 9.17) is 4.74 Å². The number of carbonyl (C=O) groups excluding carboxylic acids is 1. The van der Waals surface area contributed by atoms with Crippen LogP contribution < -0.4 is 0 Å². The van der Waals surface area contributed by atoms with E-state index in [1.165, 1.54) is 20.0 Å². The van der Waals surface area contributed by atoms with Gasteiger partial charge in [0.15, 0.2) is 0 Å². The second kappa shape index (κ2) is 8.87. The molecule has 0 amide bonds. The molecule has 4 heteroatoms. The van der Waals surface area contributed by atoms with Crippen molar-refractivity contribution in [3.8, 4) is 0 Å². The Morgan fingerprint density at radius 1 is 1.17 bits per heavy atom. The second-order valence-electron chi connectivity index (χ2n) is 13.5. The van der Waals surface area contributed by atoms with Crippen LogP contribution in [0.25, 0.3) is 0 Å². The Hall–Kier alpha value is -1.39. The molecule has 0 aromatic carbocycles. The third kappa shape index (κ3) is 3.89. The van der Waals surface area contributed by atoms with Gasteiger partial charge in [-0.25, -0.2) is 4.79 Å². The van der Waals surface area contributed by atoms with Crippen LogP contribution in [0.5, 0.6) is 0 Å². The summed E-state index contributed by atoms with van der Waals surface area (Å²) in [6.07, 6.45) is 12.9. The minimum Gasteiger partial charge on any atom is -0.466 e. The Bertz CT molecular complexity index is 957. The zero-order valence-electron chi connectivity index (χ0n) is 23.3. The minimum atomic E-state index is -0.658. The highest BCUT2D eigenvalue weighted by molar-refractivity contribution is 5.87. The average Bonchev–Trinajstić information content (AvgIpc) is 3.08. The highest BCUT2D eigenvalue weighted by atomic mass is 16.5. The highest BCUT2D eigenvalue weighted by Crippen LogP contribution is 2.70. The van der Waals surface area contributed by atoms with Crippen molar-refractivity contribution in [1.82, 2.24) is 0 Å². The summed E-state index contributed by atoms with van der Waals surface area (Å²) in [4.78, 5) is 11.8. The molecule has 0 bridgehead atoms. The maximum absolute atomic E-state index is 11.8. The van der Waals surface area contributed by atoms with Crippen molar-refractivity contribution in [2.45, 2.75) is 106 Å². The summed E-state index contributed by atoms with van der Waals surface area (Å²) in [5.41, 5.74) is 3.95. The molecule has 4 rings (SSSR count). The van der Waals surface area contributed by atoms with Crippen molar-refractivity contribution in [2.24, 2.45) is 39.4 Å². The van der Waals surface area contributed by atoms with E-state index in [0.29, 0.717) is 29.7 Å². The fourth-order valence-corrected chi connectivity index (χ4v) is 8.91. The quantitative estimate of drug-likeness (QED) is 0.351. The van der Waals surface area contributed by atoms with E-state index in [1.54, 1.807) is 24.1 Å². The van der Waals surface area contributed by atoms with Gasteiger partial charge in [0.05, 0.1) is 19.3 Å². The first kappa shape index (κ1) is 26.7. The van der Waals surface area contributed by atoms with Crippen molar-refractivity contribution >= 4 is 5.97 Å². The Morgan fingerprint density at radius 2 is 1.86 bits per heavy atom. The second-order valence-corrected chi connectivity index (χ2v) is 13.5. The molecule has 2 saturated carbocycles. The smallest absolute Gasteiger partial charge is 0.333 e. The first-order valence-electron chi connectivity index (χ1n) is 13.8. The number of esters is 1. The largest absolute Gasteiger partial charge is 0.466 e. The number of hydrogen-bond donors (Lipinski definition) is 2. The zero-order chi connectivity index (χ0) is 26.0. The van der Waals surface area contributed by atoms with Gasteiger partial charge in [-0.2, -0.15) is 0 Å². The number of methoxy groups -OCH3 is 1. The normalized spacial score (nSPS) is 42.1. The van der Waals surface area contributed by atoms with Crippen LogP contribution >= 0.6 is 0 Å². The van der Waals surface area contributed by atoms with Crippen molar-refractivity contribution in [1.29, 1.82) is 0 Å². The molecule has 4 aliphatic rings. The van der Waals surface area contributed by atoms with Crippen LogP contribution in [0.3, 0.4) is 0 Å². The van der Waals surface area contributed by atoms with E-state index in [1.807, 2.05) is 0 Å². The van der Waals surface area contributed by atoms with Crippen LogP contribution in [0.4, 0.5) is 0 Å². The summed E-state index contributed by atoms with van der Waals surface area (Å²) in [6, 6.07) is 0. The Kier molecular flexibility index (Phi) is 6.76. The Balaban J connectivity index is 1.58. The molecule has 0 aliphatic heterocycles. The first-order valence-corrected chi connectivity index (χ1v) is 13.8. The lowest BCUT2D eigenvalue weighted by atomic mass is 9.43. The molecule has 0 radical (unpaired) electrons. The number of allylic oxidation sites excluding steroid dienone is 4. The Labute approximate surface area is 212 Å². The molecule has 0 heterocycles. The van der Waals surface area contributed by atoms with Crippen LogP contribution in [0.15, 0.2) is 34.9 Å². The predicted octanol–water partition coefficient (Wildman–Crippen LogP) is 6.38. The van der Waals surface area contributed by atoms with E-state index >= 15 is 0 Å². The molecule has 0 aromatic heterocycles. The maximum atomic E-state index is 11.8. The minimum absolute atomic E-state index is 0.0468. The number of hydrogen-bond acceptors (Lipinski definition) is 4. The standard InChI is InChI=1S/C31H48O4/c1-19(27(34)35-8)17-21(32)18-20(2)30(6)15-12-24-22-9-10-25-28(3,4)26(33)13-14-29(25,5)23(22)11-16-31(24,30)7/h9,12,17,20-21,23,25-26,32-33H,10-11,13-16,18H2,1-8H3/b19-17+/t20-,21+,23-,25+,26-,29-,30+,31-/m1/s1. The highest BCUT2D eigenvalue weighted by Gasteiger charge is 2.61. The van der Waals surface area contributed by atoms with Gasteiger partial charge in [0.1, 0.15) is 0 Å². The van der Waals surface area contributed by atoms with Crippen LogP contribution in [0.1, 0.15) is 93.4 Å². The van der Waals surface area contributed by atoms with Crippen LogP contribution in [-0.4, -0.2) is 35.5 Å². The van der Waals surface area contributed by atoms with Gasteiger partial charge in [0.25, 0.3) is 0 Å². The van der Waals surface area contributed by atoms with Gasteiger partial charge in [-0.1, -0.05) is 53.7 Å². The summed E-state index contributed by atoms with van der Waals surface area (Å²) in [5, 5.41) is 21.6. The molecule has 4 nitrogen and oxygen atoms in total. The molecule has 35 heavy (non-hydrogen) atoms. The van der Waals surface area contributed by atoms with Crippen molar-refractivity contribution in [2.75, 3.05) is 7.11 Å². The summed E-state index contributed by atoms with van der Waals surface area (Å²) >= 11 is 0. The lowest BCUT2D eigenvalue weighted by molar-refractivity contribution is -0.136. The van der Waals surface area contributed by atoms with E-state index in [9.17, 15) is 15.0 Å². The maximum Gasteiger partial charge on any atom is 0.333 e. The SMILES string of the molecule is COC(=O)/C(C)=C/[C@H](O)C[C@@H](C)[C@]1(C)CC=C2C3=CC[C@H]4C(C)(C)[C@H](O)CC[C@]4(C)[C@@H]3CC[C@]21C. The summed E-state index contributed by atoms with van der Waals surface area (Å²) in [6.45, 7) is 15.9. The fourth-order valence-electron chi connectivity index (χ4n) is 8.91. The number of aliphatic hydroxyl groups is 2. The van der Waals surface area contributed by atoms with Gasteiger partial charge >= 0.3 is 5.97 Å². The third-order valence-electron chi connectivity index (χ3n) is 11.7. The molecule has 2 fully saturated rings. The Morgan fingerprint density at radius 3 is 2.51 bits per heavy atom. The fraction of sp³-hybridized carbons (Fsp3) is 0.774. The molecular weight excluding hydrogens is 436 g/mol. The van der Waals surface area contributed by atoms with Crippen molar-refractivity contribution in [3.05, 3.63) is 34.9 Å². The van der Waals surface area contributed by atoms with Gasteiger partial charge in [0, 0.05) is 5.57 Å². The van der Waals surface area contributed by atoms with Gasteiger partial charge < -0.3 is 14.9 Å². The number of carbonyl (C=O) groups is 1. The van der Waals surface area contributed by atoms with E-state index in [-0.39, 0.29) is 33.7 Å². The summed E-state index contributed by atoms with van der Waals surface area (Å²) < 4.78 is 4.79. The van der Waals surface area contributed by atoms with E-state index < -0.39 is 6.10 Å². The van der Waals surface area contributed by atoms with Gasteiger partial charge in [0.2, 0.25) is 0 Å². The van der Waals surface area contributed by atoms with Gasteiger partial charge in [-0.05, 0) is 109 Å². The molecule has 196 valence electrons. The molecule has 0 unspecified atom stereocenters. The average molecular weight is 485 g/mol. The van der Waals surface area contributed by atoms with E-state index in [2.05, 4.69) is 53.7 Å². The topological polar surface area (TPSA) is 66.8 Å². The van der Waals surface area contributed by atoms with Crippen molar-refractivity contribution < 1.29 is 19.7 Å². The van der Waals surface area contributed by atoms with Crippen molar-refractivity contribution in [3.63, 3.8) is 0 Å². The number of fused-ring (bicyclic) bond motifs is 5.